The van der Waals surface area contributed by atoms with E-state index in [0.717, 1.165) is 16.7 Å². The van der Waals surface area contributed by atoms with Crippen LogP contribution in [0.25, 0.3) is 5.76 Å². The van der Waals surface area contributed by atoms with Gasteiger partial charge in [-0.25, -0.2) is 0 Å². The highest BCUT2D eigenvalue weighted by molar-refractivity contribution is 6.46. The molecule has 1 amide bonds. The summed E-state index contributed by atoms with van der Waals surface area (Å²) in [5.74, 6) is -0.342. The number of benzene rings is 3. The Hall–Kier alpha value is -4.91. The fraction of sp³-hybridized carbons (Fsp3) is 0.156. The molecule has 1 N–H and O–H groups in total. The van der Waals surface area contributed by atoms with Crippen LogP contribution in [0.5, 0.6) is 11.5 Å². The minimum atomic E-state index is -0.845. The molecule has 3 aromatic carbocycles. The summed E-state index contributed by atoms with van der Waals surface area (Å²) in [6, 6.07) is 26.8. The number of aryl methyl sites for hydroxylation is 1. The number of aliphatic hydroxyl groups is 1. The van der Waals surface area contributed by atoms with E-state index in [1.54, 1.807) is 61.8 Å². The van der Waals surface area contributed by atoms with Gasteiger partial charge < -0.3 is 19.5 Å². The monoisotopic (exact) mass is 520 g/mol. The topological polar surface area (TPSA) is 89.0 Å². The Morgan fingerprint density at radius 3 is 2.33 bits per heavy atom. The molecule has 1 atom stereocenters. The molecule has 0 spiro atoms. The second kappa shape index (κ2) is 11.2. The van der Waals surface area contributed by atoms with Crippen LogP contribution in [0.1, 0.15) is 34.0 Å². The lowest BCUT2D eigenvalue weighted by molar-refractivity contribution is -0.140. The third-order valence-electron chi connectivity index (χ3n) is 6.71. The first-order chi connectivity index (χ1) is 19.0. The van der Waals surface area contributed by atoms with Crippen molar-refractivity contribution in [1.29, 1.82) is 0 Å². The number of likely N-dealkylation sites (tertiary alicyclic amines) is 1. The van der Waals surface area contributed by atoms with E-state index in [1.165, 1.54) is 4.90 Å². The maximum Gasteiger partial charge on any atom is 0.296 e. The number of rotatable bonds is 8. The largest absolute Gasteiger partial charge is 0.507 e. The maximum absolute atomic E-state index is 13.3. The van der Waals surface area contributed by atoms with Crippen molar-refractivity contribution in [2.45, 2.75) is 26.1 Å². The van der Waals surface area contributed by atoms with E-state index in [2.05, 4.69) is 4.98 Å². The highest BCUT2D eigenvalue weighted by Gasteiger charge is 2.46. The van der Waals surface area contributed by atoms with Crippen molar-refractivity contribution in [3.8, 4) is 11.5 Å². The number of aromatic nitrogens is 1. The number of Topliss-reactive ketones (excluding diaryl/α,β-unsaturated/α-hetero) is 1. The Kier molecular flexibility index (Phi) is 7.41. The second-order valence-corrected chi connectivity index (χ2v) is 9.28. The molecule has 1 aromatic heterocycles. The summed E-state index contributed by atoms with van der Waals surface area (Å²) in [4.78, 5) is 32.5. The number of nitrogens with zero attached hydrogens (tertiary/aromatic N) is 2. The van der Waals surface area contributed by atoms with Crippen LogP contribution in [0.15, 0.2) is 103 Å². The highest BCUT2D eigenvalue weighted by Crippen LogP contribution is 2.40. The lowest BCUT2D eigenvalue weighted by atomic mass is 9.97. The van der Waals surface area contributed by atoms with E-state index >= 15 is 0 Å². The zero-order valence-corrected chi connectivity index (χ0v) is 21.7. The number of ether oxygens (including phenoxy) is 2. The number of aliphatic hydroxyl groups excluding tert-OH is 1. The van der Waals surface area contributed by atoms with Gasteiger partial charge in [0.2, 0.25) is 0 Å². The van der Waals surface area contributed by atoms with Crippen molar-refractivity contribution in [2.24, 2.45) is 0 Å². The molecular weight excluding hydrogens is 492 g/mol. The number of hydrogen-bond acceptors (Lipinski definition) is 6. The van der Waals surface area contributed by atoms with Crippen LogP contribution in [-0.2, 0) is 22.7 Å². The summed E-state index contributed by atoms with van der Waals surface area (Å²) in [5.41, 5.74) is 3.56. The van der Waals surface area contributed by atoms with Gasteiger partial charge in [0, 0.05) is 18.3 Å². The fourth-order valence-corrected chi connectivity index (χ4v) is 4.67. The molecule has 7 nitrogen and oxygen atoms in total. The maximum atomic E-state index is 13.3. The third kappa shape index (κ3) is 5.38. The van der Waals surface area contributed by atoms with Gasteiger partial charge >= 0.3 is 0 Å². The van der Waals surface area contributed by atoms with Crippen molar-refractivity contribution in [3.05, 3.63) is 131 Å². The molecule has 1 saturated heterocycles. The first-order valence-corrected chi connectivity index (χ1v) is 12.6. The average Bonchev–Trinajstić information content (AvgIpc) is 3.22. The van der Waals surface area contributed by atoms with E-state index in [1.807, 2.05) is 49.4 Å². The second-order valence-electron chi connectivity index (χ2n) is 9.28. The summed E-state index contributed by atoms with van der Waals surface area (Å²) >= 11 is 0. The number of hydrogen-bond donors (Lipinski definition) is 1. The number of carbonyl (C=O) groups excluding carboxylic acids is 2. The smallest absolute Gasteiger partial charge is 0.296 e. The molecule has 1 aliphatic heterocycles. The lowest BCUT2D eigenvalue weighted by Gasteiger charge is -2.24. The summed E-state index contributed by atoms with van der Waals surface area (Å²) in [5, 5.41) is 11.4. The van der Waals surface area contributed by atoms with Crippen molar-refractivity contribution >= 4 is 17.4 Å². The van der Waals surface area contributed by atoms with E-state index < -0.39 is 17.7 Å². The van der Waals surface area contributed by atoms with Gasteiger partial charge in [0.15, 0.2) is 0 Å². The Labute approximate surface area is 227 Å². The SMILES string of the molecule is COc1ccc(CN2C(=O)C(=O)/C(=C(\O)c3ccc(OCc4ccccc4)c(C)c3)C2c2ccccn2)cc1. The van der Waals surface area contributed by atoms with Gasteiger partial charge in [0.1, 0.15) is 29.9 Å². The van der Waals surface area contributed by atoms with Gasteiger partial charge in [-0.05, 0) is 66.1 Å². The van der Waals surface area contributed by atoms with Crippen LogP contribution < -0.4 is 9.47 Å². The molecule has 1 aliphatic rings. The van der Waals surface area contributed by atoms with Gasteiger partial charge in [-0.3, -0.25) is 14.6 Å². The molecule has 7 heteroatoms. The van der Waals surface area contributed by atoms with E-state index in [9.17, 15) is 14.7 Å². The van der Waals surface area contributed by atoms with Crippen molar-refractivity contribution < 1.29 is 24.2 Å². The van der Waals surface area contributed by atoms with Gasteiger partial charge in [0.05, 0.1) is 18.4 Å². The number of amides is 1. The summed E-state index contributed by atoms with van der Waals surface area (Å²) in [6.45, 7) is 2.44. The Balaban J connectivity index is 1.49. The highest BCUT2D eigenvalue weighted by atomic mass is 16.5. The lowest BCUT2D eigenvalue weighted by Crippen LogP contribution is -2.29. The zero-order chi connectivity index (χ0) is 27.4. The minimum Gasteiger partial charge on any atom is -0.507 e. The molecule has 0 bridgehead atoms. The first-order valence-electron chi connectivity index (χ1n) is 12.6. The summed E-state index contributed by atoms with van der Waals surface area (Å²) in [7, 11) is 1.58. The summed E-state index contributed by atoms with van der Waals surface area (Å²) < 4.78 is 11.2. The van der Waals surface area contributed by atoms with Crippen LogP contribution in [0.2, 0.25) is 0 Å². The minimum absolute atomic E-state index is 0.00423. The zero-order valence-electron chi connectivity index (χ0n) is 21.7. The van der Waals surface area contributed by atoms with Crippen molar-refractivity contribution in [1.82, 2.24) is 9.88 Å². The van der Waals surface area contributed by atoms with Gasteiger partial charge in [-0.1, -0.05) is 48.5 Å². The number of ketones is 1. The molecule has 39 heavy (non-hydrogen) atoms. The van der Waals surface area contributed by atoms with Crippen molar-refractivity contribution in [3.63, 3.8) is 0 Å². The molecule has 0 radical (unpaired) electrons. The van der Waals surface area contributed by atoms with Gasteiger partial charge in [-0.15, -0.1) is 0 Å². The predicted octanol–water partition coefficient (Wildman–Crippen LogP) is 5.60. The molecule has 0 aliphatic carbocycles. The summed E-state index contributed by atoms with van der Waals surface area (Å²) in [6.07, 6.45) is 1.60. The van der Waals surface area contributed by atoms with E-state index in [4.69, 9.17) is 9.47 Å². The normalized spacial score (nSPS) is 16.4. The van der Waals surface area contributed by atoms with Crippen LogP contribution in [0.4, 0.5) is 0 Å². The van der Waals surface area contributed by atoms with Crippen molar-refractivity contribution in [2.75, 3.05) is 7.11 Å². The number of methoxy groups -OCH3 is 1. The molecular formula is C32H28N2O5. The van der Waals surface area contributed by atoms with Crippen LogP contribution >= 0.6 is 0 Å². The van der Waals surface area contributed by atoms with Crippen LogP contribution in [0, 0.1) is 6.92 Å². The predicted molar refractivity (Wildman–Crippen MR) is 147 cm³/mol. The standard InChI is InChI=1S/C32H28N2O5/c1-21-18-24(13-16-27(21)39-20-23-8-4-3-5-9-23)30(35)28-29(26-10-6-7-17-33-26)34(32(37)31(28)36)19-22-11-14-25(38-2)15-12-22/h3-18,29,35H,19-20H2,1-2H3/b30-28-. The fourth-order valence-electron chi connectivity index (χ4n) is 4.67. The van der Waals surface area contributed by atoms with E-state index in [-0.39, 0.29) is 17.9 Å². The van der Waals surface area contributed by atoms with Crippen LogP contribution in [-0.4, -0.2) is 33.8 Å². The Bertz CT molecular complexity index is 1520. The number of carbonyl (C=O) groups is 2. The molecule has 4 aromatic rings. The quantitative estimate of drug-likeness (QED) is 0.185. The Morgan fingerprint density at radius 2 is 1.67 bits per heavy atom. The molecule has 0 saturated carbocycles. The third-order valence-corrected chi connectivity index (χ3v) is 6.71. The average molecular weight is 521 g/mol. The van der Waals surface area contributed by atoms with Gasteiger partial charge in [0.25, 0.3) is 11.7 Å². The van der Waals surface area contributed by atoms with Crippen LogP contribution in [0.3, 0.4) is 0 Å². The molecule has 5 rings (SSSR count). The Morgan fingerprint density at radius 1 is 0.923 bits per heavy atom. The van der Waals surface area contributed by atoms with Gasteiger partial charge in [-0.2, -0.15) is 0 Å². The molecule has 1 fully saturated rings. The molecule has 2 heterocycles. The van der Waals surface area contributed by atoms with E-state index in [0.29, 0.717) is 29.4 Å². The molecule has 1 unspecified atom stereocenters. The number of pyridine rings is 1. The first kappa shape index (κ1) is 25.7. The molecule has 196 valence electrons.